The van der Waals surface area contributed by atoms with E-state index in [1.165, 1.54) is 5.56 Å². The van der Waals surface area contributed by atoms with E-state index < -0.39 is 0 Å². The lowest BCUT2D eigenvalue weighted by atomic mass is 9.84. The summed E-state index contributed by atoms with van der Waals surface area (Å²) < 4.78 is 5.19. The van der Waals surface area contributed by atoms with E-state index in [-0.39, 0.29) is 11.3 Å². The highest BCUT2D eigenvalue weighted by molar-refractivity contribution is 5.79. The number of amides is 1. The lowest BCUT2D eigenvalue weighted by Gasteiger charge is -2.26. The zero-order valence-corrected chi connectivity index (χ0v) is 14.3. The average molecular weight is 311 g/mol. The minimum Gasteiger partial charge on any atom is -0.497 e. The fraction of sp³-hybridized carbons (Fsp3) is 0.350. The standard InChI is InChI=1S/C20H25NO2/c1-15-7-5-6-8-16(15)13-19(22)21-14-20(2,3)17-9-11-18(23-4)12-10-17/h5-12H,13-14H2,1-4H3,(H,21,22). The van der Waals surface area contributed by atoms with Crippen LogP contribution in [-0.2, 0) is 16.6 Å². The molecule has 0 atom stereocenters. The van der Waals surface area contributed by atoms with Crippen LogP contribution in [0, 0.1) is 6.92 Å². The molecular weight excluding hydrogens is 286 g/mol. The molecule has 1 amide bonds. The zero-order valence-electron chi connectivity index (χ0n) is 14.3. The van der Waals surface area contributed by atoms with E-state index in [0.29, 0.717) is 13.0 Å². The first-order valence-corrected chi connectivity index (χ1v) is 7.88. The molecule has 1 N–H and O–H groups in total. The molecule has 0 aliphatic rings. The summed E-state index contributed by atoms with van der Waals surface area (Å²) in [6, 6.07) is 16.0. The van der Waals surface area contributed by atoms with Crippen molar-refractivity contribution in [3.63, 3.8) is 0 Å². The first kappa shape index (κ1) is 17.1. The minimum atomic E-state index is -0.131. The third-order valence-corrected chi connectivity index (χ3v) is 4.21. The molecule has 0 unspecified atom stereocenters. The molecule has 23 heavy (non-hydrogen) atoms. The van der Waals surface area contributed by atoms with Crippen molar-refractivity contribution in [1.82, 2.24) is 5.32 Å². The Bertz CT molecular complexity index is 660. The van der Waals surface area contributed by atoms with E-state index in [4.69, 9.17) is 4.74 Å². The normalized spacial score (nSPS) is 11.1. The third-order valence-electron chi connectivity index (χ3n) is 4.21. The Kier molecular flexibility index (Phi) is 5.43. The second-order valence-electron chi connectivity index (χ2n) is 6.49. The van der Waals surface area contributed by atoms with Crippen LogP contribution < -0.4 is 10.1 Å². The molecule has 122 valence electrons. The van der Waals surface area contributed by atoms with Gasteiger partial charge in [-0.1, -0.05) is 50.2 Å². The van der Waals surface area contributed by atoms with Crippen LogP contribution in [0.1, 0.15) is 30.5 Å². The number of hydrogen-bond acceptors (Lipinski definition) is 2. The number of aryl methyl sites for hydroxylation is 1. The molecule has 0 heterocycles. The summed E-state index contributed by atoms with van der Waals surface area (Å²) in [5, 5.41) is 3.06. The summed E-state index contributed by atoms with van der Waals surface area (Å²) in [6.45, 7) is 6.89. The summed E-state index contributed by atoms with van der Waals surface area (Å²) in [5.74, 6) is 0.897. The Morgan fingerprint density at radius 1 is 1.09 bits per heavy atom. The predicted molar refractivity (Wildman–Crippen MR) is 93.9 cm³/mol. The first-order chi connectivity index (χ1) is 10.9. The molecule has 0 fully saturated rings. The van der Waals surface area contributed by atoms with Gasteiger partial charge in [0.05, 0.1) is 13.5 Å². The van der Waals surface area contributed by atoms with Crippen molar-refractivity contribution in [2.45, 2.75) is 32.6 Å². The number of hydrogen-bond donors (Lipinski definition) is 1. The van der Waals surface area contributed by atoms with Gasteiger partial charge in [0, 0.05) is 12.0 Å². The Labute approximate surface area is 138 Å². The highest BCUT2D eigenvalue weighted by Crippen LogP contribution is 2.24. The van der Waals surface area contributed by atoms with Crippen molar-refractivity contribution < 1.29 is 9.53 Å². The minimum absolute atomic E-state index is 0.0564. The van der Waals surface area contributed by atoms with E-state index in [2.05, 4.69) is 19.2 Å². The van der Waals surface area contributed by atoms with E-state index >= 15 is 0 Å². The van der Waals surface area contributed by atoms with Gasteiger partial charge in [-0.05, 0) is 35.7 Å². The number of carbonyl (C=O) groups is 1. The number of benzene rings is 2. The highest BCUT2D eigenvalue weighted by atomic mass is 16.5. The Morgan fingerprint density at radius 3 is 2.35 bits per heavy atom. The van der Waals surface area contributed by atoms with Gasteiger partial charge in [-0.25, -0.2) is 0 Å². The summed E-state index contributed by atoms with van der Waals surface area (Å²) >= 11 is 0. The van der Waals surface area contributed by atoms with Gasteiger partial charge in [0.1, 0.15) is 5.75 Å². The molecule has 0 aliphatic heterocycles. The molecule has 2 aromatic carbocycles. The fourth-order valence-corrected chi connectivity index (χ4v) is 2.51. The van der Waals surface area contributed by atoms with E-state index in [9.17, 15) is 4.79 Å². The molecule has 0 bridgehead atoms. The molecule has 0 saturated carbocycles. The molecule has 0 radical (unpaired) electrons. The van der Waals surface area contributed by atoms with E-state index in [0.717, 1.165) is 16.9 Å². The van der Waals surface area contributed by atoms with E-state index in [1.54, 1.807) is 7.11 Å². The van der Waals surface area contributed by atoms with Crippen molar-refractivity contribution in [1.29, 1.82) is 0 Å². The Balaban J connectivity index is 1.95. The van der Waals surface area contributed by atoms with Gasteiger partial charge in [0.25, 0.3) is 0 Å². The maximum atomic E-state index is 12.2. The van der Waals surface area contributed by atoms with E-state index in [1.807, 2.05) is 55.5 Å². The smallest absolute Gasteiger partial charge is 0.224 e. The number of carbonyl (C=O) groups excluding carboxylic acids is 1. The van der Waals surface area contributed by atoms with Crippen LogP contribution in [0.25, 0.3) is 0 Å². The van der Waals surface area contributed by atoms with Gasteiger partial charge < -0.3 is 10.1 Å². The molecule has 2 aromatic rings. The summed E-state index contributed by atoms with van der Waals surface area (Å²) in [4.78, 5) is 12.2. The van der Waals surface area contributed by atoms with Crippen molar-refractivity contribution in [3.05, 3.63) is 65.2 Å². The van der Waals surface area contributed by atoms with Crippen LogP contribution >= 0.6 is 0 Å². The van der Waals surface area contributed by atoms with Crippen LogP contribution in [-0.4, -0.2) is 19.6 Å². The van der Waals surface area contributed by atoms with Crippen LogP contribution in [0.3, 0.4) is 0 Å². The molecule has 0 saturated heterocycles. The highest BCUT2D eigenvalue weighted by Gasteiger charge is 2.21. The number of nitrogens with one attached hydrogen (secondary N) is 1. The fourth-order valence-electron chi connectivity index (χ4n) is 2.51. The van der Waals surface area contributed by atoms with Gasteiger partial charge in [-0.3, -0.25) is 4.79 Å². The summed E-state index contributed by atoms with van der Waals surface area (Å²) in [5.41, 5.74) is 3.27. The van der Waals surface area contributed by atoms with Crippen molar-refractivity contribution >= 4 is 5.91 Å². The molecular formula is C20H25NO2. The van der Waals surface area contributed by atoms with Gasteiger partial charge in [0.2, 0.25) is 5.91 Å². The van der Waals surface area contributed by atoms with Crippen molar-refractivity contribution in [3.8, 4) is 5.75 Å². The molecule has 0 aliphatic carbocycles. The summed E-state index contributed by atoms with van der Waals surface area (Å²) in [7, 11) is 1.66. The second-order valence-corrected chi connectivity index (χ2v) is 6.49. The topological polar surface area (TPSA) is 38.3 Å². The largest absolute Gasteiger partial charge is 0.497 e. The lowest BCUT2D eigenvalue weighted by Crippen LogP contribution is -2.37. The van der Waals surface area contributed by atoms with Crippen LogP contribution in [0.4, 0.5) is 0 Å². The number of rotatable bonds is 6. The SMILES string of the molecule is COc1ccc(C(C)(C)CNC(=O)Cc2ccccc2C)cc1. The van der Waals surface area contributed by atoms with Gasteiger partial charge in [-0.2, -0.15) is 0 Å². The predicted octanol–water partition coefficient (Wildman–Crippen LogP) is 3.64. The Morgan fingerprint density at radius 2 is 1.74 bits per heavy atom. The monoisotopic (exact) mass is 311 g/mol. The van der Waals surface area contributed by atoms with Gasteiger partial charge >= 0.3 is 0 Å². The quantitative estimate of drug-likeness (QED) is 0.884. The summed E-state index contributed by atoms with van der Waals surface area (Å²) in [6.07, 6.45) is 0.422. The second kappa shape index (κ2) is 7.32. The lowest BCUT2D eigenvalue weighted by molar-refractivity contribution is -0.120. The Hall–Kier alpha value is -2.29. The number of ether oxygens (including phenoxy) is 1. The molecule has 3 heteroatoms. The molecule has 2 rings (SSSR count). The van der Waals surface area contributed by atoms with Crippen molar-refractivity contribution in [2.75, 3.05) is 13.7 Å². The maximum absolute atomic E-state index is 12.2. The first-order valence-electron chi connectivity index (χ1n) is 7.88. The third kappa shape index (κ3) is 4.59. The average Bonchev–Trinajstić information content (AvgIpc) is 2.55. The molecule has 0 aromatic heterocycles. The van der Waals surface area contributed by atoms with Crippen LogP contribution in [0.5, 0.6) is 5.75 Å². The van der Waals surface area contributed by atoms with Gasteiger partial charge in [-0.15, -0.1) is 0 Å². The number of methoxy groups -OCH3 is 1. The zero-order chi connectivity index (χ0) is 16.9. The maximum Gasteiger partial charge on any atom is 0.224 e. The molecule has 0 spiro atoms. The van der Waals surface area contributed by atoms with Crippen LogP contribution in [0.15, 0.2) is 48.5 Å². The molecule has 3 nitrogen and oxygen atoms in total. The van der Waals surface area contributed by atoms with Crippen molar-refractivity contribution in [2.24, 2.45) is 0 Å². The van der Waals surface area contributed by atoms with Gasteiger partial charge in [0.15, 0.2) is 0 Å². The van der Waals surface area contributed by atoms with Crippen LogP contribution in [0.2, 0.25) is 0 Å².